The van der Waals surface area contributed by atoms with Crippen molar-refractivity contribution < 1.29 is 14.3 Å². The number of rotatable bonds is 6. The highest BCUT2D eigenvalue weighted by molar-refractivity contribution is 7.18. The number of hydrogen-bond donors (Lipinski definition) is 1. The molecule has 154 valence electrons. The first-order valence-corrected chi connectivity index (χ1v) is 10.3. The second-order valence-corrected chi connectivity index (χ2v) is 9.21. The van der Waals surface area contributed by atoms with Gasteiger partial charge in [-0.1, -0.05) is 32.9 Å². The summed E-state index contributed by atoms with van der Waals surface area (Å²) in [6.07, 6.45) is 0.116. The molecule has 3 rings (SSSR count). The van der Waals surface area contributed by atoms with E-state index < -0.39 is 5.97 Å². The fourth-order valence-corrected chi connectivity index (χ4v) is 3.94. The van der Waals surface area contributed by atoms with Gasteiger partial charge in [0.15, 0.2) is 0 Å². The van der Waals surface area contributed by atoms with E-state index in [0.29, 0.717) is 21.8 Å². The normalized spacial score (nSPS) is 11.6. The maximum Gasteiger partial charge on any atom is 0.309 e. The number of aryl methyl sites for hydroxylation is 2. The van der Waals surface area contributed by atoms with Gasteiger partial charge in [-0.25, -0.2) is 4.98 Å². The third-order valence-electron chi connectivity index (χ3n) is 4.75. The van der Waals surface area contributed by atoms with Crippen LogP contribution in [0.5, 0.6) is 5.75 Å². The van der Waals surface area contributed by atoms with Crippen LogP contribution in [0.15, 0.2) is 29.1 Å². The molecule has 3 aromatic rings. The number of nitrogens with zero attached hydrogens (tertiary/aromatic N) is 1. The zero-order valence-corrected chi connectivity index (χ0v) is 18.2. The van der Waals surface area contributed by atoms with E-state index in [2.05, 4.69) is 30.7 Å². The number of hydrogen-bond acceptors (Lipinski definition) is 6. The number of aromatic amines is 1. The molecule has 29 heavy (non-hydrogen) atoms. The molecule has 0 aliphatic heterocycles. The lowest BCUT2D eigenvalue weighted by atomic mass is 9.87. The minimum atomic E-state index is -0.405. The van der Waals surface area contributed by atoms with Crippen LogP contribution in [0.3, 0.4) is 0 Å². The Morgan fingerprint density at radius 2 is 1.86 bits per heavy atom. The largest absolute Gasteiger partial charge is 0.493 e. The first-order chi connectivity index (χ1) is 13.6. The average molecular weight is 415 g/mol. The second kappa shape index (κ2) is 8.37. The molecule has 0 radical (unpaired) electrons. The molecule has 0 saturated carbocycles. The van der Waals surface area contributed by atoms with Gasteiger partial charge < -0.3 is 14.5 Å². The number of nitrogens with one attached hydrogen (secondary N) is 1. The van der Waals surface area contributed by atoms with Crippen molar-refractivity contribution in [1.29, 1.82) is 0 Å². The fourth-order valence-electron chi connectivity index (χ4n) is 2.89. The number of carbonyl (C=O) groups excluding carboxylic acids is 1. The van der Waals surface area contributed by atoms with Crippen LogP contribution in [0.25, 0.3) is 10.2 Å². The van der Waals surface area contributed by atoms with Gasteiger partial charge in [0.2, 0.25) is 0 Å². The van der Waals surface area contributed by atoms with Gasteiger partial charge in [0.1, 0.15) is 23.0 Å². The highest BCUT2D eigenvalue weighted by Crippen LogP contribution is 2.26. The maximum absolute atomic E-state index is 12.2. The van der Waals surface area contributed by atoms with Crippen molar-refractivity contribution >= 4 is 27.5 Å². The highest BCUT2D eigenvalue weighted by Gasteiger charge is 2.14. The van der Waals surface area contributed by atoms with Crippen LogP contribution in [-0.4, -0.2) is 22.5 Å². The van der Waals surface area contributed by atoms with E-state index in [4.69, 9.17) is 9.47 Å². The molecule has 2 aromatic heterocycles. The zero-order valence-electron chi connectivity index (χ0n) is 17.4. The van der Waals surface area contributed by atoms with Gasteiger partial charge in [-0.15, -0.1) is 11.3 Å². The van der Waals surface area contributed by atoms with E-state index in [1.165, 1.54) is 16.9 Å². The smallest absolute Gasteiger partial charge is 0.309 e. The Labute approximate surface area is 173 Å². The third kappa shape index (κ3) is 5.03. The summed E-state index contributed by atoms with van der Waals surface area (Å²) in [5, 5.41) is 0.605. The summed E-state index contributed by atoms with van der Waals surface area (Å²) < 4.78 is 10.8. The number of fused-ring (bicyclic) bond motifs is 1. The predicted molar refractivity (Wildman–Crippen MR) is 115 cm³/mol. The summed E-state index contributed by atoms with van der Waals surface area (Å²) in [5.74, 6) is 0.652. The lowest BCUT2D eigenvalue weighted by Crippen LogP contribution is -2.15. The molecule has 1 N–H and O–H groups in total. The lowest BCUT2D eigenvalue weighted by molar-refractivity contribution is -0.145. The minimum absolute atomic E-state index is 0.0692. The Morgan fingerprint density at radius 3 is 2.52 bits per heavy atom. The first-order valence-electron chi connectivity index (χ1n) is 9.53. The van der Waals surface area contributed by atoms with E-state index in [1.54, 1.807) is 0 Å². The van der Waals surface area contributed by atoms with Crippen LogP contribution in [-0.2, 0) is 21.6 Å². The topological polar surface area (TPSA) is 81.3 Å². The molecule has 0 spiro atoms. The second-order valence-electron chi connectivity index (χ2n) is 8.01. The SMILES string of the molecule is Cc1sc2nc(COC(=O)CCOc3ccc(C(C)(C)C)cc3)[nH]c(=O)c2c1C. The van der Waals surface area contributed by atoms with E-state index in [0.717, 1.165) is 10.4 Å². The van der Waals surface area contributed by atoms with E-state index in [-0.39, 0.29) is 30.6 Å². The molecule has 2 heterocycles. The van der Waals surface area contributed by atoms with Gasteiger partial charge in [-0.05, 0) is 42.5 Å². The maximum atomic E-state index is 12.2. The molecule has 6 nitrogen and oxygen atoms in total. The van der Waals surface area contributed by atoms with Crippen molar-refractivity contribution in [2.75, 3.05) is 6.61 Å². The molecule has 1 aromatic carbocycles. The summed E-state index contributed by atoms with van der Waals surface area (Å²) in [4.78, 5) is 33.0. The molecule has 0 aliphatic carbocycles. The van der Waals surface area contributed by atoms with Gasteiger partial charge in [0, 0.05) is 4.88 Å². The van der Waals surface area contributed by atoms with E-state index in [9.17, 15) is 9.59 Å². The Bertz CT molecular complexity index is 1080. The summed E-state index contributed by atoms with van der Waals surface area (Å²) in [7, 11) is 0. The molecule has 0 aliphatic rings. The minimum Gasteiger partial charge on any atom is -0.493 e. The fraction of sp³-hybridized carbons (Fsp3) is 0.409. The molecule has 0 saturated heterocycles. The van der Waals surface area contributed by atoms with E-state index >= 15 is 0 Å². The number of benzene rings is 1. The first kappa shape index (κ1) is 21.0. The zero-order chi connectivity index (χ0) is 21.2. The Morgan fingerprint density at radius 1 is 1.17 bits per heavy atom. The Kier molecular flexibility index (Phi) is 6.07. The summed E-state index contributed by atoms with van der Waals surface area (Å²) >= 11 is 1.46. The average Bonchev–Trinajstić information content (AvgIpc) is 2.94. The van der Waals surface area contributed by atoms with Crippen LogP contribution in [0, 0.1) is 13.8 Å². The lowest BCUT2D eigenvalue weighted by Gasteiger charge is -2.19. The molecule has 0 bridgehead atoms. The highest BCUT2D eigenvalue weighted by atomic mass is 32.1. The number of H-pyrrole nitrogens is 1. The molecule has 0 unspecified atom stereocenters. The van der Waals surface area contributed by atoms with Crippen LogP contribution < -0.4 is 10.3 Å². The number of aromatic nitrogens is 2. The van der Waals surface area contributed by atoms with Gasteiger partial charge in [-0.2, -0.15) is 0 Å². The van der Waals surface area contributed by atoms with Crippen molar-refractivity contribution in [2.45, 2.75) is 53.1 Å². The van der Waals surface area contributed by atoms with Crippen LogP contribution >= 0.6 is 11.3 Å². The van der Waals surface area contributed by atoms with Crippen molar-refractivity contribution in [2.24, 2.45) is 0 Å². The molecule has 7 heteroatoms. The molecular weight excluding hydrogens is 388 g/mol. The van der Waals surface area contributed by atoms with Crippen LogP contribution in [0.2, 0.25) is 0 Å². The van der Waals surface area contributed by atoms with E-state index in [1.807, 2.05) is 38.1 Å². The number of ether oxygens (including phenoxy) is 2. The molecule has 0 atom stereocenters. The molecule has 0 fully saturated rings. The molecule has 0 amide bonds. The standard InChI is InChI=1S/C22H26N2O4S/c1-13-14(2)29-21-19(13)20(26)23-17(24-21)12-28-18(25)10-11-27-16-8-6-15(7-9-16)22(3,4)5/h6-9H,10-12H2,1-5H3,(H,23,24,26). The van der Waals surface area contributed by atoms with Crippen LogP contribution in [0.1, 0.15) is 49.0 Å². The van der Waals surface area contributed by atoms with Gasteiger partial charge >= 0.3 is 5.97 Å². The Balaban J connectivity index is 1.50. The van der Waals surface area contributed by atoms with Gasteiger partial charge in [-0.3, -0.25) is 9.59 Å². The molecular formula is C22H26N2O4S. The monoisotopic (exact) mass is 414 g/mol. The van der Waals surface area contributed by atoms with Gasteiger partial charge in [0.25, 0.3) is 5.56 Å². The summed E-state index contributed by atoms with van der Waals surface area (Å²) in [5.41, 5.74) is 2.04. The number of esters is 1. The van der Waals surface area contributed by atoms with Gasteiger partial charge in [0.05, 0.1) is 18.4 Å². The predicted octanol–water partition coefficient (Wildman–Crippen LogP) is 4.41. The summed E-state index contributed by atoms with van der Waals surface area (Å²) in [6, 6.07) is 7.86. The number of thiophene rings is 1. The third-order valence-corrected chi connectivity index (χ3v) is 5.85. The van der Waals surface area contributed by atoms with Crippen molar-refractivity contribution in [1.82, 2.24) is 9.97 Å². The van der Waals surface area contributed by atoms with Crippen molar-refractivity contribution in [3.63, 3.8) is 0 Å². The van der Waals surface area contributed by atoms with Crippen LogP contribution in [0.4, 0.5) is 0 Å². The van der Waals surface area contributed by atoms with Crippen molar-refractivity contribution in [3.05, 3.63) is 56.4 Å². The summed E-state index contributed by atoms with van der Waals surface area (Å²) in [6.45, 7) is 10.5. The Hall–Kier alpha value is -2.67. The number of carbonyl (C=O) groups is 1. The quantitative estimate of drug-likeness (QED) is 0.604. The van der Waals surface area contributed by atoms with Crippen molar-refractivity contribution in [3.8, 4) is 5.75 Å².